The number of hydrogen-bond acceptors (Lipinski definition) is 2. The van der Waals surface area contributed by atoms with Gasteiger partial charge in [-0.25, -0.2) is 4.98 Å². The first-order valence-electron chi connectivity index (χ1n) is 18.0. The zero-order chi connectivity index (χ0) is 35.5. The molecule has 0 fully saturated rings. The van der Waals surface area contributed by atoms with Crippen molar-refractivity contribution in [2.75, 3.05) is 0 Å². The normalized spacial score (nSPS) is 12.9. The van der Waals surface area contributed by atoms with Crippen molar-refractivity contribution in [2.45, 2.75) is 0 Å². The van der Waals surface area contributed by atoms with Gasteiger partial charge in [-0.05, 0) is 91.3 Å². The Hall–Kier alpha value is -6.32. The van der Waals surface area contributed by atoms with E-state index in [0.29, 0.717) is 5.52 Å². The quantitative estimate of drug-likeness (QED) is 0.183. The van der Waals surface area contributed by atoms with Gasteiger partial charge in [-0.1, -0.05) is 127 Å². The first kappa shape index (κ1) is 22.2. The standard InChI is InChI=1S/C44H29N3/c1-2-13-31(14-3-1)44-46-40-23-10-11-24-41(40)47(44)33-16-12-15-32(29-33)42-36-19-6-8-21-38(36)43(39-22-9-7-20-37(39)42)35-18-5-4-17-34(35)30-25-27-45-28-26-30/h1-29H/i1D,2D,3D,13D,14D. The number of aromatic nitrogens is 3. The molecule has 0 saturated heterocycles. The van der Waals surface area contributed by atoms with Crippen LogP contribution in [0.25, 0.3) is 83.0 Å². The second kappa shape index (κ2) is 11.2. The maximum absolute atomic E-state index is 8.79. The summed E-state index contributed by atoms with van der Waals surface area (Å²) in [5, 5.41) is 4.44. The molecule has 0 amide bonds. The maximum Gasteiger partial charge on any atom is 0.145 e. The predicted molar refractivity (Wildman–Crippen MR) is 196 cm³/mol. The van der Waals surface area contributed by atoms with E-state index in [1.807, 2.05) is 65.5 Å². The molecule has 3 nitrogen and oxygen atoms in total. The van der Waals surface area contributed by atoms with Crippen LogP contribution < -0.4 is 0 Å². The molecule has 0 bridgehead atoms. The summed E-state index contributed by atoms with van der Waals surface area (Å²) < 4.78 is 44.4. The summed E-state index contributed by atoms with van der Waals surface area (Å²) in [4.78, 5) is 9.12. The Morgan fingerprint density at radius 2 is 1.11 bits per heavy atom. The average Bonchev–Trinajstić information content (AvgIpc) is 3.58. The molecule has 9 rings (SSSR count). The van der Waals surface area contributed by atoms with Crippen LogP contribution in [0.5, 0.6) is 0 Å². The van der Waals surface area contributed by atoms with Crippen LogP contribution >= 0.6 is 0 Å². The van der Waals surface area contributed by atoms with Crippen LogP contribution in [0.1, 0.15) is 6.85 Å². The molecule has 0 atom stereocenters. The molecular weight excluding hydrogens is 571 g/mol. The van der Waals surface area contributed by atoms with Crippen LogP contribution in [-0.2, 0) is 0 Å². The predicted octanol–water partition coefficient (Wildman–Crippen LogP) is 11.4. The zero-order valence-corrected chi connectivity index (χ0v) is 25.2. The number of rotatable bonds is 5. The van der Waals surface area contributed by atoms with Crippen LogP contribution in [-0.4, -0.2) is 14.5 Å². The van der Waals surface area contributed by atoms with Crippen LogP contribution in [0.15, 0.2) is 176 Å². The summed E-state index contributed by atoms with van der Waals surface area (Å²) in [5.74, 6) is 0.285. The molecule has 220 valence electrons. The fourth-order valence-electron chi connectivity index (χ4n) is 6.83. The van der Waals surface area contributed by atoms with Crippen LogP contribution in [0.2, 0.25) is 0 Å². The van der Waals surface area contributed by atoms with Crippen molar-refractivity contribution in [3.05, 3.63) is 176 Å². The van der Waals surface area contributed by atoms with Gasteiger partial charge in [-0.3, -0.25) is 9.55 Å². The highest BCUT2D eigenvalue weighted by Crippen LogP contribution is 2.46. The van der Waals surface area contributed by atoms with Crippen molar-refractivity contribution < 1.29 is 6.85 Å². The maximum atomic E-state index is 8.79. The molecule has 0 radical (unpaired) electrons. The van der Waals surface area contributed by atoms with Crippen LogP contribution in [0, 0.1) is 0 Å². The summed E-state index contributed by atoms with van der Waals surface area (Å²) in [6.45, 7) is 0. The van der Waals surface area contributed by atoms with E-state index < -0.39 is 18.1 Å². The Morgan fingerprint density at radius 3 is 1.83 bits per heavy atom. The van der Waals surface area contributed by atoms with Crippen molar-refractivity contribution >= 4 is 32.6 Å². The number of pyridine rings is 1. The van der Waals surface area contributed by atoms with Gasteiger partial charge in [0.2, 0.25) is 0 Å². The number of fused-ring (bicyclic) bond motifs is 3. The van der Waals surface area contributed by atoms with E-state index in [1.54, 1.807) is 0 Å². The number of hydrogen-bond donors (Lipinski definition) is 0. The van der Waals surface area contributed by atoms with Crippen molar-refractivity contribution in [3.8, 4) is 50.5 Å². The third-order valence-electron chi connectivity index (χ3n) is 8.80. The van der Waals surface area contributed by atoms with Gasteiger partial charge in [0.1, 0.15) is 5.82 Å². The molecule has 0 N–H and O–H groups in total. The average molecular weight is 605 g/mol. The Morgan fingerprint density at radius 1 is 0.489 bits per heavy atom. The summed E-state index contributed by atoms with van der Waals surface area (Å²) in [5.41, 5.74) is 8.80. The molecule has 0 aliphatic carbocycles. The molecule has 2 heterocycles. The lowest BCUT2D eigenvalue weighted by atomic mass is 9.84. The first-order valence-corrected chi connectivity index (χ1v) is 15.5. The summed E-state index contributed by atoms with van der Waals surface area (Å²) >= 11 is 0. The largest absolute Gasteiger partial charge is 0.292 e. The van der Waals surface area contributed by atoms with Gasteiger partial charge in [-0.2, -0.15) is 0 Å². The SMILES string of the molecule is [2H]c1c([2H])c([2H])c(-c2nc3ccccc3n2-c2cccc(-c3c4ccccc4c(-c4ccccc4-c4ccncc4)c4ccccc34)c2)c([2H])c1[2H]. The monoisotopic (exact) mass is 604 g/mol. The Bertz CT molecular complexity index is 2780. The second-order valence-electron chi connectivity index (χ2n) is 11.4. The van der Waals surface area contributed by atoms with Gasteiger partial charge >= 0.3 is 0 Å². The number of para-hydroxylation sites is 2. The lowest BCUT2D eigenvalue weighted by molar-refractivity contribution is 1.10. The smallest absolute Gasteiger partial charge is 0.145 e. The Balaban J connectivity index is 1.32. The van der Waals surface area contributed by atoms with Gasteiger partial charge in [0.05, 0.1) is 17.9 Å². The van der Waals surface area contributed by atoms with Crippen LogP contribution in [0.3, 0.4) is 0 Å². The molecule has 0 aliphatic rings. The Labute approximate surface area is 280 Å². The lowest BCUT2D eigenvalue weighted by Gasteiger charge is -2.20. The van der Waals surface area contributed by atoms with E-state index in [1.165, 1.54) is 0 Å². The zero-order valence-electron chi connectivity index (χ0n) is 30.2. The minimum Gasteiger partial charge on any atom is -0.292 e. The van der Waals surface area contributed by atoms with E-state index in [9.17, 15) is 0 Å². The molecule has 7 aromatic carbocycles. The Kier molecular flexibility index (Phi) is 5.32. The molecule has 0 aliphatic heterocycles. The third-order valence-corrected chi connectivity index (χ3v) is 8.80. The molecule has 47 heavy (non-hydrogen) atoms. The molecular formula is C44H29N3. The van der Waals surface area contributed by atoms with Crippen molar-refractivity contribution in [2.24, 2.45) is 0 Å². The summed E-state index contributed by atoms with van der Waals surface area (Å²) in [6, 6.07) is 43.6. The van der Waals surface area contributed by atoms with E-state index in [4.69, 9.17) is 11.8 Å². The van der Waals surface area contributed by atoms with Gasteiger partial charge in [-0.15, -0.1) is 0 Å². The minimum atomic E-state index is -0.436. The summed E-state index contributed by atoms with van der Waals surface area (Å²) in [7, 11) is 0. The van der Waals surface area contributed by atoms with E-state index in [2.05, 4.69) is 89.9 Å². The fourth-order valence-corrected chi connectivity index (χ4v) is 6.83. The third kappa shape index (κ3) is 4.52. The van der Waals surface area contributed by atoms with E-state index >= 15 is 0 Å². The molecule has 0 unspecified atom stereocenters. The van der Waals surface area contributed by atoms with Crippen molar-refractivity contribution in [1.29, 1.82) is 0 Å². The highest BCUT2D eigenvalue weighted by molar-refractivity contribution is 6.22. The minimum absolute atomic E-state index is 0.0562. The van der Waals surface area contributed by atoms with Gasteiger partial charge in [0.25, 0.3) is 0 Å². The van der Waals surface area contributed by atoms with E-state index in [0.717, 1.165) is 66.1 Å². The molecule has 3 heteroatoms. The fraction of sp³-hybridized carbons (Fsp3) is 0. The van der Waals surface area contributed by atoms with Crippen LogP contribution in [0.4, 0.5) is 0 Å². The summed E-state index contributed by atoms with van der Waals surface area (Å²) in [6.07, 6.45) is 3.65. The molecule has 0 spiro atoms. The molecule has 2 aromatic heterocycles. The number of benzene rings is 7. The van der Waals surface area contributed by atoms with E-state index in [-0.39, 0.29) is 23.5 Å². The number of nitrogens with zero attached hydrogens (tertiary/aromatic N) is 3. The molecule has 0 saturated carbocycles. The molecule has 9 aromatic rings. The van der Waals surface area contributed by atoms with Crippen molar-refractivity contribution in [3.63, 3.8) is 0 Å². The highest BCUT2D eigenvalue weighted by Gasteiger charge is 2.20. The highest BCUT2D eigenvalue weighted by atomic mass is 15.1. The second-order valence-corrected chi connectivity index (χ2v) is 11.4. The van der Waals surface area contributed by atoms with Crippen molar-refractivity contribution in [1.82, 2.24) is 14.5 Å². The lowest BCUT2D eigenvalue weighted by Crippen LogP contribution is -1.98. The first-order chi connectivity index (χ1) is 25.4. The van der Waals surface area contributed by atoms with Gasteiger partial charge in [0, 0.05) is 23.6 Å². The van der Waals surface area contributed by atoms with Gasteiger partial charge in [0.15, 0.2) is 0 Å². The number of imidazole rings is 1. The van der Waals surface area contributed by atoms with Gasteiger partial charge < -0.3 is 0 Å². The topological polar surface area (TPSA) is 30.7 Å².